The number of benzene rings is 2. The monoisotopic (exact) mass is 253 g/mol. The predicted molar refractivity (Wildman–Crippen MR) is 59.8 cm³/mol. The molecule has 0 aromatic heterocycles. The Balaban J connectivity index is 2.43. The van der Waals surface area contributed by atoms with Gasteiger partial charge < -0.3 is 0 Å². The van der Waals surface area contributed by atoms with Gasteiger partial charge in [-0.1, -0.05) is 6.92 Å². The molecule has 2 aromatic rings. The lowest BCUT2D eigenvalue weighted by molar-refractivity contribution is 0.579. The lowest BCUT2D eigenvalue weighted by Crippen LogP contribution is -2.00. The first kappa shape index (κ1) is 12.6. The van der Waals surface area contributed by atoms with Crippen molar-refractivity contribution in [3.8, 4) is 0 Å². The highest BCUT2D eigenvalue weighted by molar-refractivity contribution is 5.44. The molecular weight excluding hydrogens is 244 g/mol. The minimum Gasteiger partial charge on any atom is -0.207 e. The van der Waals surface area contributed by atoms with E-state index in [1.54, 1.807) is 6.92 Å². The van der Waals surface area contributed by atoms with Crippen LogP contribution in [0.2, 0.25) is 0 Å². The molecule has 0 atom stereocenters. The zero-order valence-corrected chi connectivity index (χ0v) is 9.48. The molecule has 0 aliphatic rings. The Morgan fingerprint density at radius 3 is 1.17 bits per heavy atom. The standard InChI is InChI=1S/C14H9F4/c1-8(9-2-11(15)6-12(16)3-9)10-4-13(17)7-14(18)5-10/h2-7H,1H3. The topological polar surface area (TPSA) is 0 Å². The highest BCUT2D eigenvalue weighted by Gasteiger charge is 2.13. The second-order valence-electron chi connectivity index (χ2n) is 3.94. The van der Waals surface area contributed by atoms with Gasteiger partial charge in [0.15, 0.2) is 0 Å². The Bertz CT molecular complexity index is 486. The summed E-state index contributed by atoms with van der Waals surface area (Å²) < 4.78 is 52.2. The largest absolute Gasteiger partial charge is 0.207 e. The van der Waals surface area contributed by atoms with Crippen molar-refractivity contribution in [2.45, 2.75) is 6.92 Å². The average Bonchev–Trinajstić information content (AvgIpc) is 2.25. The molecule has 0 aliphatic heterocycles. The second-order valence-corrected chi connectivity index (χ2v) is 3.94. The van der Waals surface area contributed by atoms with E-state index < -0.39 is 23.3 Å². The van der Waals surface area contributed by atoms with Crippen LogP contribution in [-0.2, 0) is 0 Å². The molecule has 0 bridgehead atoms. The minimum atomic E-state index is -0.735. The summed E-state index contributed by atoms with van der Waals surface area (Å²) in [5, 5.41) is 0. The Morgan fingerprint density at radius 1 is 0.611 bits per heavy atom. The van der Waals surface area contributed by atoms with E-state index in [1.807, 2.05) is 0 Å². The summed E-state index contributed by atoms with van der Waals surface area (Å²) in [6.45, 7) is 1.54. The quantitative estimate of drug-likeness (QED) is 0.702. The fourth-order valence-electron chi connectivity index (χ4n) is 1.71. The first-order valence-corrected chi connectivity index (χ1v) is 5.22. The minimum absolute atomic E-state index is 0.248. The fraction of sp³-hybridized carbons (Fsp3) is 0.0714. The lowest BCUT2D eigenvalue weighted by Gasteiger charge is -2.12. The van der Waals surface area contributed by atoms with Crippen LogP contribution in [-0.4, -0.2) is 0 Å². The molecular formula is C14H9F4. The molecule has 0 saturated heterocycles. The van der Waals surface area contributed by atoms with Crippen LogP contribution in [0.3, 0.4) is 0 Å². The number of hydrogen-bond donors (Lipinski definition) is 0. The smallest absolute Gasteiger partial charge is 0.126 e. The van der Waals surface area contributed by atoms with E-state index in [9.17, 15) is 17.6 Å². The van der Waals surface area contributed by atoms with E-state index in [2.05, 4.69) is 0 Å². The van der Waals surface area contributed by atoms with Gasteiger partial charge in [0.05, 0.1) is 0 Å². The first-order chi connectivity index (χ1) is 8.45. The molecule has 4 heteroatoms. The van der Waals surface area contributed by atoms with Crippen molar-refractivity contribution in [3.05, 3.63) is 76.7 Å². The maximum absolute atomic E-state index is 13.1. The molecule has 0 spiro atoms. The third-order valence-electron chi connectivity index (χ3n) is 2.59. The summed E-state index contributed by atoms with van der Waals surface area (Å²) >= 11 is 0. The van der Waals surface area contributed by atoms with Crippen molar-refractivity contribution >= 4 is 0 Å². The molecule has 0 N–H and O–H groups in total. The van der Waals surface area contributed by atoms with Crippen molar-refractivity contribution < 1.29 is 17.6 Å². The molecule has 0 fully saturated rings. The van der Waals surface area contributed by atoms with Crippen LogP contribution in [0.5, 0.6) is 0 Å². The van der Waals surface area contributed by atoms with E-state index in [4.69, 9.17) is 0 Å². The van der Waals surface area contributed by atoms with Crippen LogP contribution < -0.4 is 0 Å². The zero-order chi connectivity index (χ0) is 13.3. The summed E-state index contributed by atoms with van der Waals surface area (Å²) in [5.74, 6) is -2.54. The Morgan fingerprint density at radius 2 is 0.889 bits per heavy atom. The van der Waals surface area contributed by atoms with Crippen LogP contribution in [0, 0.1) is 29.2 Å². The summed E-state index contributed by atoms with van der Waals surface area (Å²) in [5.41, 5.74) is 0.495. The van der Waals surface area contributed by atoms with Gasteiger partial charge in [0.1, 0.15) is 23.3 Å². The van der Waals surface area contributed by atoms with E-state index in [-0.39, 0.29) is 11.1 Å². The average molecular weight is 253 g/mol. The molecule has 18 heavy (non-hydrogen) atoms. The van der Waals surface area contributed by atoms with Crippen molar-refractivity contribution in [1.82, 2.24) is 0 Å². The van der Waals surface area contributed by atoms with Gasteiger partial charge in [-0.3, -0.25) is 0 Å². The maximum Gasteiger partial charge on any atom is 0.126 e. The first-order valence-electron chi connectivity index (χ1n) is 5.22. The molecule has 0 amide bonds. The SMILES string of the molecule is C[C](c1cc(F)cc(F)c1)c1cc(F)cc(F)c1. The van der Waals surface area contributed by atoms with Crippen LogP contribution in [0.15, 0.2) is 36.4 Å². The van der Waals surface area contributed by atoms with Gasteiger partial charge in [0, 0.05) is 18.1 Å². The summed E-state index contributed by atoms with van der Waals surface area (Å²) in [4.78, 5) is 0. The van der Waals surface area contributed by atoms with E-state index in [0.717, 1.165) is 36.4 Å². The van der Waals surface area contributed by atoms with Gasteiger partial charge in [-0.25, -0.2) is 17.6 Å². The number of halogens is 4. The summed E-state index contributed by atoms with van der Waals surface area (Å²) in [7, 11) is 0. The highest BCUT2D eigenvalue weighted by atomic mass is 19.1. The van der Waals surface area contributed by atoms with Crippen LogP contribution in [0.1, 0.15) is 18.1 Å². The molecule has 0 aliphatic carbocycles. The molecule has 2 rings (SSSR count). The molecule has 0 unspecified atom stereocenters. The Labute approximate surface area is 102 Å². The van der Waals surface area contributed by atoms with Gasteiger partial charge in [0.2, 0.25) is 0 Å². The summed E-state index contributed by atoms with van der Waals surface area (Å²) in [6, 6.07) is 5.93. The highest BCUT2D eigenvalue weighted by Crippen LogP contribution is 2.25. The third-order valence-corrected chi connectivity index (χ3v) is 2.59. The van der Waals surface area contributed by atoms with Gasteiger partial charge >= 0.3 is 0 Å². The second kappa shape index (κ2) is 4.80. The molecule has 0 nitrogen and oxygen atoms in total. The lowest BCUT2D eigenvalue weighted by atomic mass is 9.93. The zero-order valence-electron chi connectivity index (χ0n) is 9.48. The molecule has 2 aromatic carbocycles. The number of rotatable bonds is 2. The van der Waals surface area contributed by atoms with Crippen molar-refractivity contribution in [3.63, 3.8) is 0 Å². The van der Waals surface area contributed by atoms with Crippen molar-refractivity contribution in [1.29, 1.82) is 0 Å². The molecule has 0 heterocycles. The van der Waals surface area contributed by atoms with Crippen molar-refractivity contribution in [2.24, 2.45) is 0 Å². The van der Waals surface area contributed by atoms with Crippen LogP contribution in [0.25, 0.3) is 0 Å². The molecule has 1 radical (unpaired) electrons. The summed E-state index contributed by atoms with van der Waals surface area (Å²) in [6.07, 6.45) is 0. The normalized spacial score (nSPS) is 11.0. The Hall–Kier alpha value is -1.84. The van der Waals surface area contributed by atoms with Crippen LogP contribution in [0.4, 0.5) is 17.6 Å². The van der Waals surface area contributed by atoms with Gasteiger partial charge in [-0.2, -0.15) is 0 Å². The number of hydrogen-bond acceptors (Lipinski definition) is 0. The van der Waals surface area contributed by atoms with E-state index in [1.165, 1.54) is 0 Å². The third kappa shape index (κ3) is 2.70. The van der Waals surface area contributed by atoms with Crippen LogP contribution >= 0.6 is 0 Å². The predicted octanol–water partition coefficient (Wildman–Crippen LogP) is 4.23. The van der Waals surface area contributed by atoms with Gasteiger partial charge in [-0.05, 0) is 35.4 Å². The van der Waals surface area contributed by atoms with Gasteiger partial charge in [0.25, 0.3) is 0 Å². The maximum atomic E-state index is 13.1. The van der Waals surface area contributed by atoms with E-state index in [0.29, 0.717) is 5.92 Å². The van der Waals surface area contributed by atoms with E-state index >= 15 is 0 Å². The molecule has 0 saturated carbocycles. The Kier molecular flexibility index (Phi) is 3.36. The van der Waals surface area contributed by atoms with Crippen molar-refractivity contribution in [2.75, 3.05) is 0 Å². The van der Waals surface area contributed by atoms with Gasteiger partial charge in [-0.15, -0.1) is 0 Å². The molecule has 93 valence electrons. The fourth-order valence-corrected chi connectivity index (χ4v) is 1.71.